The summed E-state index contributed by atoms with van der Waals surface area (Å²) in [4.78, 5) is 11.2. The highest BCUT2D eigenvalue weighted by Gasteiger charge is 2.36. The van der Waals surface area contributed by atoms with Gasteiger partial charge in [0.25, 0.3) is 5.56 Å². The number of halogens is 2. The van der Waals surface area contributed by atoms with Crippen LogP contribution in [-0.2, 0) is 0 Å². The number of rotatable bonds is 3. The number of aromatic nitrogens is 1. The van der Waals surface area contributed by atoms with Crippen molar-refractivity contribution in [3.05, 3.63) is 22.2 Å². The molecule has 3 rings (SSSR count). The van der Waals surface area contributed by atoms with Gasteiger partial charge in [-0.05, 0) is 44.6 Å². The maximum absolute atomic E-state index is 13.2. The molecular weight excluding hydrogens is 278 g/mol. The molecule has 2 atom stereocenters. The molecule has 1 aromatic rings. The Hall–Kier alpha value is -1.17. The lowest BCUT2D eigenvalue weighted by molar-refractivity contribution is -0.0477. The summed E-state index contributed by atoms with van der Waals surface area (Å²) in [6.45, 7) is 0.882. The molecule has 2 heterocycles. The Balaban J connectivity index is 1.53. The third kappa shape index (κ3) is 3.73. The number of alkyl halides is 2. The molecule has 1 aromatic heterocycles. The summed E-state index contributed by atoms with van der Waals surface area (Å²) in [7, 11) is 0. The highest BCUT2D eigenvalue weighted by atomic mass is 19.3. The predicted molar refractivity (Wildman–Crippen MR) is 74.6 cm³/mol. The van der Waals surface area contributed by atoms with E-state index in [1.54, 1.807) is 0 Å². The molecule has 1 aliphatic carbocycles. The summed E-state index contributed by atoms with van der Waals surface area (Å²) >= 11 is 0. The topological polar surface area (TPSA) is 58.0 Å². The van der Waals surface area contributed by atoms with Gasteiger partial charge in [-0.2, -0.15) is 5.16 Å². The van der Waals surface area contributed by atoms with E-state index in [1.165, 1.54) is 6.07 Å². The molecular formula is C15H22F2N2O2. The summed E-state index contributed by atoms with van der Waals surface area (Å²) in [6, 6.07) is 1.86. The zero-order chi connectivity index (χ0) is 14.9. The molecule has 0 amide bonds. The quantitative estimate of drug-likeness (QED) is 0.902. The van der Waals surface area contributed by atoms with E-state index in [9.17, 15) is 13.6 Å². The van der Waals surface area contributed by atoms with E-state index in [4.69, 9.17) is 4.52 Å². The Kier molecular flexibility index (Phi) is 4.15. The van der Waals surface area contributed by atoms with E-state index in [0.717, 1.165) is 31.6 Å². The Bertz CT molecular complexity index is 516. The molecule has 1 saturated carbocycles. The van der Waals surface area contributed by atoms with E-state index >= 15 is 0 Å². The van der Waals surface area contributed by atoms with E-state index in [2.05, 4.69) is 10.5 Å². The minimum Gasteiger partial charge on any atom is -0.383 e. The SMILES string of the molecule is O=c1cc([C@@H]2CCN[C@H](CC3CCC(F)(F)CC3)C2)o[nH]1. The standard InChI is InChI=1S/C15H22F2N2O2/c16-15(17)4-1-10(2-5-15)7-12-8-11(3-6-18-12)13-9-14(20)19-21-13/h9-12,18H,1-8H2,(H,19,20)/t11-,12-/m1/s1. The maximum atomic E-state index is 13.2. The van der Waals surface area contributed by atoms with Gasteiger partial charge in [0.1, 0.15) is 5.76 Å². The first kappa shape index (κ1) is 14.8. The fourth-order valence-corrected chi connectivity index (χ4v) is 3.68. The zero-order valence-electron chi connectivity index (χ0n) is 12.0. The van der Waals surface area contributed by atoms with Gasteiger partial charge in [0, 0.05) is 30.9 Å². The van der Waals surface area contributed by atoms with Crippen molar-refractivity contribution in [2.45, 2.75) is 62.8 Å². The zero-order valence-corrected chi connectivity index (χ0v) is 12.0. The van der Waals surface area contributed by atoms with Crippen molar-refractivity contribution >= 4 is 0 Å². The normalized spacial score (nSPS) is 30.4. The van der Waals surface area contributed by atoms with Gasteiger partial charge in [-0.3, -0.25) is 4.79 Å². The highest BCUT2D eigenvalue weighted by molar-refractivity contribution is 5.05. The Morgan fingerprint density at radius 2 is 2.05 bits per heavy atom. The molecule has 118 valence electrons. The fourth-order valence-electron chi connectivity index (χ4n) is 3.68. The number of aromatic amines is 1. The van der Waals surface area contributed by atoms with Gasteiger partial charge < -0.3 is 9.84 Å². The molecule has 4 nitrogen and oxygen atoms in total. The van der Waals surface area contributed by atoms with Gasteiger partial charge in [-0.15, -0.1) is 0 Å². The van der Waals surface area contributed by atoms with Crippen LogP contribution in [0.25, 0.3) is 0 Å². The number of hydrogen-bond donors (Lipinski definition) is 2. The number of H-pyrrole nitrogens is 1. The second-order valence-electron chi connectivity index (χ2n) is 6.52. The first-order valence-corrected chi connectivity index (χ1v) is 7.81. The smallest absolute Gasteiger partial charge is 0.280 e. The summed E-state index contributed by atoms with van der Waals surface area (Å²) < 4.78 is 31.6. The van der Waals surface area contributed by atoms with E-state index in [0.29, 0.717) is 24.8 Å². The van der Waals surface area contributed by atoms with E-state index in [-0.39, 0.29) is 24.3 Å². The van der Waals surface area contributed by atoms with Crippen molar-refractivity contribution in [1.29, 1.82) is 0 Å². The Morgan fingerprint density at radius 3 is 2.71 bits per heavy atom. The monoisotopic (exact) mass is 300 g/mol. The Labute approximate surface area is 122 Å². The van der Waals surface area contributed by atoms with Gasteiger partial charge in [0.2, 0.25) is 5.92 Å². The van der Waals surface area contributed by atoms with Crippen molar-refractivity contribution in [2.75, 3.05) is 6.54 Å². The Morgan fingerprint density at radius 1 is 1.29 bits per heavy atom. The van der Waals surface area contributed by atoms with Crippen molar-refractivity contribution in [1.82, 2.24) is 10.5 Å². The van der Waals surface area contributed by atoms with Gasteiger partial charge in [0.05, 0.1) is 0 Å². The average Bonchev–Trinajstić information content (AvgIpc) is 2.88. The lowest BCUT2D eigenvalue weighted by Crippen LogP contribution is -2.39. The van der Waals surface area contributed by atoms with Crippen LogP contribution in [-0.4, -0.2) is 23.7 Å². The van der Waals surface area contributed by atoms with Crippen molar-refractivity contribution in [3.63, 3.8) is 0 Å². The summed E-state index contributed by atoms with van der Waals surface area (Å²) in [5.41, 5.74) is -0.199. The molecule has 0 bridgehead atoms. The number of hydrogen-bond acceptors (Lipinski definition) is 3. The fraction of sp³-hybridized carbons (Fsp3) is 0.800. The maximum Gasteiger partial charge on any atom is 0.280 e. The van der Waals surface area contributed by atoms with Crippen molar-refractivity contribution in [2.24, 2.45) is 5.92 Å². The van der Waals surface area contributed by atoms with Crippen LogP contribution >= 0.6 is 0 Å². The molecule has 0 aromatic carbocycles. The molecule has 0 radical (unpaired) electrons. The summed E-state index contributed by atoms with van der Waals surface area (Å²) in [5, 5.41) is 5.81. The molecule has 1 saturated heterocycles. The van der Waals surface area contributed by atoms with Crippen LogP contribution in [0.1, 0.15) is 56.6 Å². The number of nitrogens with one attached hydrogen (secondary N) is 2. The van der Waals surface area contributed by atoms with Crippen LogP contribution in [0.5, 0.6) is 0 Å². The molecule has 0 spiro atoms. The second kappa shape index (κ2) is 5.91. The predicted octanol–water partition coefficient (Wildman–Crippen LogP) is 3.02. The first-order chi connectivity index (χ1) is 10.0. The lowest BCUT2D eigenvalue weighted by Gasteiger charge is -2.34. The minimum absolute atomic E-state index is 0.0283. The third-order valence-corrected chi connectivity index (χ3v) is 4.89. The van der Waals surface area contributed by atoms with Crippen molar-refractivity contribution < 1.29 is 13.3 Å². The summed E-state index contributed by atoms with van der Waals surface area (Å²) in [6.07, 6.45) is 4.10. The van der Waals surface area contributed by atoms with Crippen LogP contribution in [0, 0.1) is 5.92 Å². The summed E-state index contributed by atoms with van der Waals surface area (Å²) in [5.74, 6) is -1.09. The van der Waals surface area contributed by atoms with Gasteiger partial charge >= 0.3 is 0 Å². The molecule has 2 N–H and O–H groups in total. The van der Waals surface area contributed by atoms with E-state index < -0.39 is 5.92 Å². The van der Waals surface area contributed by atoms with Gasteiger partial charge in [0.15, 0.2) is 0 Å². The van der Waals surface area contributed by atoms with Crippen LogP contribution in [0.4, 0.5) is 8.78 Å². The minimum atomic E-state index is -2.45. The highest BCUT2D eigenvalue weighted by Crippen LogP contribution is 2.39. The van der Waals surface area contributed by atoms with E-state index in [1.807, 2.05) is 0 Å². The van der Waals surface area contributed by atoms with Gasteiger partial charge in [-0.25, -0.2) is 8.78 Å². The lowest BCUT2D eigenvalue weighted by atomic mass is 9.79. The van der Waals surface area contributed by atoms with Crippen LogP contribution in [0.15, 0.2) is 15.4 Å². The first-order valence-electron chi connectivity index (χ1n) is 7.81. The number of piperidine rings is 1. The van der Waals surface area contributed by atoms with Crippen molar-refractivity contribution in [3.8, 4) is 0 Å². The van der Waals surface area contributed by atoms with Crippen LogP contribution in [0.2, 0.25) is 0 Å². The van der Waals surface area contributed by atoms with Crippen LogP contribution in [0.3, 0.4) is 0 Å². The molecule has 0 unspecified atom stereocenters. The van der Waals surface area contributed by atoms with Gasteiger partial charge in [-0.1, -0.05) is 0 Å². The average molecular weight is 300 g/mol. The third-order valence-electron chi connectivity index (χ3n) is 4.89. The molecule has 21 heavy (non-hydrogen) atoms. The van der Waals surface area contributed by atoms with Crippen LogP contribution < -0.4 is 10.9 Å². The molecule has 6 heteroatoms. The molecule has 2 aliphatic rings. The molecule has 1 aliphatic heterocycles. The molecule has 2 fully saturated rings. The largest absolute Gasteiger partial charge is 0.383 e. The second-order valence-corrected chi connectivity index (χ2v) is 6.52.